The lowest BCUT2D eigenvalue weighted by Crippen LogP contribution is -2.39. The molecule has 2 aromatic rings. The number of aldehydes is 1. The van der Waals surface area contributed by atoms with Gasteiger partial charge in [0.05, 0.1) is 22.9 Å². The van der Waals surface area contributed by atoms with Crippen molar-refractivity contribution >= 4 is 46.6 Å². The smallest absolute Gasteiger partial charge is 0.266 e. The fraction of sp³-hybridized carbons (Fsp3) is 0.292. The van der Waals surface area contributed by atoms with Gasteiger partial charge < -0.3 is 10.1 Å². The van der Waals surface area contributed by atoms with Gasteiger partial charge in [-0.15, -0.1) is 0 Å². The summed E-state index contributed by atoms with van der Waals surface area (Å²) in [7, 11) is 0. The molecule has 32 heavy (non-hydrogen) atoms. The molecule has 2 atom stereocenters. The molecule has 166 valence electrons. The summed E-state index contributed by atoms with van der Waals surface area (Å²) in [6.45, 7) is 5.23. The normalized spacial score (nSPS) is 14.8. The van der Waals surface area contributed by atoms with Crippen molar-refractivity contribution in [2.24, 2.45) is 5.92 Å². The first-order chi connectivity index (χ1) is 15.2. The van der Waals surface area contributed by atoms with Gasteiger partial charge >= 0.3 is 0 Å². The maximum absolute atomic E-state index is 13.0. The van der Waals surface area contributed by atoms with E-state index in [-0.39, 0.29) is 11.0 Å². The Bertz CT molecular complexity index is 1050. The van der Waals surface area contributed by atoms with E-state index in [1.54, 1.807) is 48.5 Å². The number of anilines is 1. The molecule has 1 aliphatic heterocycles. The van der Waals surface area contributed by atoms with Crippen LogP contribution in [0, 0.1) is 5.92 Å². The Labute approximate surface area is 190 Å². The van der Waals surface area contributed by atoms with Crippen LogP contribution >= 0.6 is 11.8 Å². The Morgan fingerprint density at radius 2 is 1.66 bits per heavy atom. The van der Waals surface area contributed by atoms with Crippen molar-refractivity contribution in [2.45, 2.75) is 38.5 Å². The highest BCUT2D eigenvalue weighted by Crippen LogP contribution is 2.34. The van der Waals surface area contributed by atoms with Crippen LogP contribution in [-0.2, 0) is 14.4 Å². The topological polar surface area (TPSA) is 101 Å². The van der Waals surface area contributed by atoms with Crippen LogP contribution in [0.15, 0.2) is 48.5 Å². The molecule has 0 fully saturated rings. The summed E-state index contributed by atoms with van der Waals surface area (Å²) in [5.74, 6) is -1.18. The van der Waals surface area contributed by atoms with E-state index in [9.17, 15) is 24.0 Å². The number of nitrogens with one attached hydrogen (secondary N) is 1. The van der Waals surface area contributed by atoms with E-state index < -0.39 is 29.0 Å². The molecule has 1 heterocycles. The number of carbonyl (C=O) groups is 5. The van der Waals surface area contributed by atoms with Gasteiger partial charge in [-0.3, -0.25) is 19.2 Å². The largest absolute Gasteiger partial charge is 0.345 e. The molecule has 8 heteroatoms. The van der Waals surface area contributed by atoms with Gasteiger partial charge in [0.25, 0.3) is 11.8 Å². The molecule has 1 N–H and O–H groups in total. The summed E-state index contributed by atoms with van der Waals surface area (Å²) in [6.07, 6.45) is 1.16. The second-order valence-electron chi connectivity index (χ2n) is 7.96. The highest BCUT2D eigenvalue weighted by Gasteiger charge is 2.37. The Kier molecular flexibility index (Phi) is 7.25. The van der Waals surface area contributed by atoms with Gasteiger partial charge in [0.1, 0.15) is 11.5 Å². The highest BCUT2D eigenvalue weighted by atomic mass is 32.2. The van der Waals surface area contributed by atoms with Crippen LogP contribution in [0.2, 0.25) is 0 Å². The number of hydrogen-bond donors (Lipinski definition) is 1. The number of thioether (sulfide) groups is 1. The highest BCUT2D eigenvalue weighted by molar-refractivity contribution is 8.14. The molecule has 1 aliphatic rings. The van der Waals surface area contributed by atoms with Crippen molar-refractivity contribution in [3.05, 3.63) is 65.2 Å². The third-order valence-corrected chi connectivity index (χ3v) is 6.02. The Morgan fingerprint density at radius 3 is 2.19 bits per heavy atom. The number of nitrogens with zero attached hydrogens (tertiary/aromatic N) is 1. The van der Waals surface area contributed by atoms with Crippen LogP contribution < -0.4 is 10.2 Å². The maximum atomic E-state index is 13.0. The molecule has 7 nitrogen and oxygen atoms in total. The number of carbonyl (C=O) groups excluding carboxylic acids is 5. The molecule has 0 saturated carbocycles. The van der Waals surface area contributed by atoms with Crippen LogP contribution in [0.25, 0.3) is 0 Å². The van der Waals surface area contributed by atoms with Gasteiger partial charge in [-0.1, -0.05) is 49.9 Å². The standard InChI is InChI=1S/C24H24N2O5S/c1-14(2)11-17(13-27)25-22(29)21(32-15(3)28)16-7-6-8-18(12-16)26-23(30)19-9-4-5-10-20(19)24(26)31/h4-10,12-14,17,21H,11H2,1-3H3,(H,25,29)/t17-,21?/m0/s1. The molecule has 0 saturated heterocycles. The number of imide groups is 1. The molecule has 0 aliphatic carbocycles. The van der Waals surface area contributed by atoms with E-state index in [1.165, 1.54) is 6.92 Å². The quantitative estimate of drug-likeness (QED) is 0.486. The first-order valence-electron chi connectivity index (χ1n) is 10.2. The molecule has 0 radical (unpaired) electrons. The monoisotopic (exact) mass is 452 g/mol. The summed E-state index contributed by atoms with van der Waals surface area (Å²) >= 11 is 0.817. The van der Waals surface area contributed by atoms with Gasteiger partial charge in [-0.2, -0.15) is 0 Å². The average molecular weight is 453 g/mol. The number of hydrogen-bond acceptors (Lipinski definition) is 6. The van der Waals surface area contributed by atoms with Crippen molar-refractivity contribution in [3.8, 4) is 0 Å². The van der Waals surface area contributed by atoms with E-state index in [0.717, 1.165) is 16.7 Å². The van der Waals surface area contributed by atoms with Gasteiger partial charge in [0.2, 0.25) is 5.91 Å². The summed E-state index contributed by atoms with van der Waals surface area (Å²) in [6, 6.07) is 12.3. The first-order valence-corrected chi connectivity index (χ1v) is 11.1. The van der Waals surface area contributed by atoms with Crippen molar-refractivity contribution in [1.82, 2.24) is 5.32 Å². The Hall–Kier alpha value is -3.26. The summed E-state index contributed by atoms with van der Waals surface area (Å²) < 4.78 is 0. The van der Waals surface area contributed by atoms with E-state index in [2.05, 4.69) is 5.32 Å². The van der Waals surface area contributed by atoms with Crippen LogP contribution in [0.4, 0.5) is 5.69 Å². The van der Waals surface area contributed by atoms with Crippen molar-refractivity contribution in [2.75, 3.05) is 4.90 Å². The third-order valence-electron chi connectivity index (χ3n) is 4.96. The number of fused-ring (bicyclic) bond motifs is 1. The second kappa shape index (κ2) is 9.91. The van der Waals surface area contributed by atoms with Crippen molar-refractivity contribution < 1.29 is 24.0 Å². The number of rotatable bonds is 8. The Morgan fingerprint density at radius 1 is 1.03 bits per heavy atom. The van der Waals surface area contributed by atoms with E-state index in [4.69, 9.17) is 0 Å². The lowest BCUT2D eigenvalue weighted by molar-refractivity contribution is -0.124. The molecule has 3 rings (SSSR count). The van der Waals surface area contributed by atoms with Gasteiger partial charge in [0, 0.05) is 6.92 Å². The third kappa shape index (κ3) is 4.96. The SMILES string of the molecule is CC(=O)SC(C(=O)N[C@H](C=O)CC(C)C)c1cccc(N2C(=O)c3ccccc3C2=O)c1. The molecule has 0 spiro atoms. The van der Waals surface area contributed by atoms with Crippen LogP contribution in [0.5, 0.6) is 0 Å². The fourth-order valence-electron chi connectivity index (χ4n) is 3.60. The van der Waals surface area contributed by atoms with Gasteiger partial charge in [0.15, 0.2) is 5.12 Å². The molecule has 1 unspecified atom stereocenters. The predicted octanol–water partition coefficient (Wildman–Crippen LogP) is 3.54. The second-order valence-corrected chi connectivity index (χ2v) is 9.24. The molecular weight excluding hydrogens is 428 g/mol. The van der Waals surface area contributed by atoms with Crippen molar-refractivity contribution in [1.29, 1.82) is 0 Å². The minimum absolute atomic E-state index is 0.196. The van der Waals surface area contributed by atoms with Crippen LogP contribution in [0.3, 0.4) is 0 Å². The zero-order valence-corrected chi connectivity index (χ0v) is 18.8. The number of benzene rings is 2. The molecule has 2 aromatic carbocycles. The zero-order valence-electron chi connectivity index (χ0n) is 18.0. The van der Waals surface area contributed by atoms with E-state index >= 15 is 0 Å². The first kappa shape index (κ1) is 23.4. The zero-order chi connectivity index (χ0) is 23.4. The summed E-state index contributed by atoms with van der Waals surface area (Å²) in [5.41, 5.74) is 1.39. The molecule has 0 aromatic heterocycles. The fourth-order valence-corrected chi connectivity index (χ4v) is 4.39. The van der Waals surface area contributed by atoms with Crippen LogP contribution in [-0.4, -0.2) is 35.2 Å². The lowest BCUT2D eigenvalue weighted by atomic mass is 10.0. The minimum atomic E-state index is -0.933. The average Bonchev–Trinajstić information content (AvgIpc) is 3.01. The van der Waals surface area contributed by atoms with Crippen molar-refractivity contribution in [3.63, 3.8) is 0 Å². The van der Waals surface area contributed by atoms with Crippen LogP contribution in [0.1, 0.15) is 58.7 Å². The maximum Gasteiger partial charge on any atom is 0.266 e. The van der Waals surface area contributed by atoms with E-state index in [1.807, 2.05) is 13.8 Å². The van der Waals surface area contributed by atoms with E-state index in [0.29, 0.717) is 35.1 Å². The van der Waals surface area contributed by atoms with Gasteiger partial charge in [-0.05, 0) is 42.2 Å². The molecular formula is C24H24N2O5S. The number of amides is 3. The summed E-state index contributed by atoms with van der Waals surface area (Å²) in [4.78, 5) is 62.9. The predicted molar refractivity (Wildman–Crippen MR) is 122 cm³/mol. The summed E-state index contributed by atoms with van der Waals surface area (Å²) in [5, 5.41) is 1.49. The lowest BCUT2D eigenvalue weighted by Gasteiger charge is -2.21. The molecule has 3 amide bonds. The molecule has 0 bridgehead atoms. The minimum Gasteiger partial charge on any atom is -0.345 e. The van der Waals surface area contributed by atoms with Gasteiger partial charge in [-0.25, -0.2) is 4.90 Å². The Balaban J connectivity index is 1.91.